The number of aromatic nitrogens is 2. The summed E-state index contributed by atoms with van der Waals surface area (Å²) in [4.78, 5) is 18.2. The second kappa shape index (κ2) is 7.04. The summed E-state index contributed by atoms with van der Waals surface area (Å²) in [5.74, 6) is 0.0829. The average molecular weight is 286 g/mol. The number of rotatable bonds is 6. The van der Waals surface area contributed by atoms with Crippen LogP contribution in [0.25, 0.3) is 0 Å². The van der Waals surface area contributed by atoms with E-state index in [9.17, 15) is 4.79 Å². The van der Waals surface area contributed by atoms with Gasteiger partial charge in [-0.3, -0.25) is 4.79 Å². The Morgan fingerprint density at radius 1 is 1.29 bits per heavy atom. The van der Waals surface area contributed by atoms with Crippen LogP contribution >= 0.6 is 0 Å². The van der Waals surface area contributed by atoms with Gasteiger partial charge < -0.3 is 15.2 Å². The molecule has 1 aromatic carbocycles. The van der Waals surface area contributed by atoms with Crippen LogP contribution in [0.15, 0.2) is 42.9 Å². The molecule has 0 saturated heterocycles. The molecule has 112 valence electrons. The molecule has 5 heteroatoms. The zero-order valence-corrected chi connectivity index (χ0v) is 12.6. The van der Waals surface area contributed by atoms with Crippen LogP contribution in [0.2, 0.25) is 0 Å². The number of carbonyl (C=O) groups is 1. The molecule has 2 rings (SSSR count). The molecule has 1 amide bonds. The third-order valence-corrected chi connectivity index (χ3v) is 3.64. The number of benzene rings is 1. The van der Waals surface area contributed by atoms with Crippen LogP contribution in [0.1, 0.15) is 31.1 Å². The third-order valence-electron chi connectivity index (χ3n) is 3.64. The Hall–Kier alpha value is -2.14. The van der Waals surface area contributed by atoms with E-state index in [4.69, 9.17) is 5.73 Å². The summed E-state index contributed by atoms with van der Waals surface area (Å²) < 4.78 is 1.83. The molecule has 0 aliphatic rings. The predicted octanol–water partition coefficient (Wildman–Crippen LogP) is 1.80. The second-order valence-electron chi connectivity index (χ2n) is 4.90. The van der Waals surface area contributed by atoms with Crippen molar-refractivity contribution in [1.82, 2.24) is 14.5 Å². The topological polar surface area (TPSA) is 64.2 Å². The maximum Gasteiger partial charge on any atom is 0.242 e. The lowest BCUT2D eigenvalue weighted by Gasteiger charge is -2.20. The summed E-state index contributed by atoms with van der Waals surface area (Å²) in [6.45, 7) is 5.66. The fraction of sp³-hybridized carbons (Fsp3) is 0.375. The Balaban J connectivity index is 2.17. The molecule has 5 nitrogen and oxygen atoms in total. The normalized spacial score (nSPS) is 12.1. The van der Waals surface area contributed by atoms with Crippen LogP contribution in [0.4, 0.5) is 0 Å². The van der Waals surface area contributed by atoms with E-state index in [0.717, 1.165) is 11.3 Å². The number of carbonyl (C=O) groups excluding carboxylic acids is 1. The van der Waals surface area contributed by atoms with Crippen molar-refractivity contribution in [3.63, 3.8) is 0 Å². The van der Waals surface area contributed by atoms with E-state index in [2.05, 4.69) is 4.98 Å². The molecule has 0 saturated carbocycles. The minimum atomic E-state index is -0.279. The lowest BCUT2D eigenvalue weighted by Crippen LogP contribution is -2.34. The molecule has 0 aliphatic carbocycles. The van der Waals surface area contributed by atoms with E-state index in [0.29, 0.717) is 13.1 Å². The summed E-state index contributed by atoms with van der Waals surface area (Å²) in [5, 5.41) is 0. The highest BCUT2D eigenvalue weighted by molar-refractivity contribution is 5.76. The molecule has 1 unspecified atom stereocenters. The first-order valence-corrected chi connectivity index (χ1v) is 7.25. The van der Waals surface area contributed by atoms with Gasteiger partial charge in [-0.1, -0.05) is 30.3 Å². The first-order chi connectivity index (χ1) is 10.2. The van der Waals surface area contributed by atoms with Crippen LogP contribution in [0.5, 0.6) is 0 Å². The van der Waals surface area contributed by atoms with Crippen LogP contribution in [-0.4, -0.2) is 33.4 Å². The fourth-order valence-electron chi connectivity index (χ4n) is 2.38. The van der Waals surface area contributed by atoms with Crippen molar-refractivity contribution in [1.29, 1.82) is 0 Å². The molecule has 1 atom stereocenters. The summed E-state index contributed by atoms with van der Waals surface area (Å²) in [7, 11) is 0. The number of hydrogen-bond donors (Lipinski definition) is 1. The summed E-state index contributed by atoms with van der Waals surface area (Å²) in [5.41, 5.74) is 8.15. The summed E-state index contributed by atoms with van der Waals surface area (Å²) in [6, 6.07) is 9.55. The zero-order chi connectivity index (χ0) is 15.2. The van der Waals surface area contributed by atoms with Gasteiger partial charge in [0.2, 0.25) is 5.91 Å². The Morgan fingerprint density at radius 2 is 1.95 bits per heavy atom. The fourth-order valence-corrected chi connectivity index (χ4v) is 2.38. The second-order valence-corrected chi connectivity index (χ2v) is 4.90. The minimum Gasteiger partial charge on any atom is -0.342 e. The van der Waals surface area contributed by atoms with Crippen LogP contribution < -0.4 is 5.73 Å². The van der Waals surface area contributed by atoms with E-state index in [1.54, 1.807) is 17.4 Å². The van der Waals surface area contributed by atoms with Gasteiger partial charge in [0.15, 0.2) is 0 Å². The van der Waals surface area contributed by atoms with Gasteiger partial charge in [0.05, 0.1) is 24.3 Å². The molecule has 0 spiro atoms. The van der Waals surface area contributed by atoms with E-state index in [1.165, 1.54) is 0 Å². The van der Waals surface area contributed by atoms with Crippen molar-refractivity contribution in [2.75, 3.05) is 13.1 Å². The summed E-state index contributed by atoms with van der Waals surface area (Å²) in [6.07, 6.45) is 3.40. The minimum absolute atomic E-state index is 0.0829. The van der Waals surface area contributed by atoms with Gasteiger partial charge in [0, 0.05) is 13.1 Å². The van der Waals surface area contributed by atoms with Crippen molar-refractivity contribution < 1.29 is 4.79 Å². The van der Waals surface area contributed by atoms with E-state index in [-0.39, 0.29) is 18.5 Å². The Bertz CT molecular complexity index is 575. The van der Waals surface area contributed by atoms with Crippen molar-refractivity contribution in [3.05, 3.63) is 54.1 Å². The van der Waals surface area contributed by atoms with Gasteiger partial charge in [-0.05, 0) is 19.4 Å². The van der Waals surface area contributed by atoms with Crippen molar-refractivity contribution in [2.45, 2.75) is 26.4 Å². The average Bonchev–Trinajstić information content (AvgIpc) is 2.96. The van der Waals surface area contributed by atoms with Crippen LogP contribution in [-0.2, 0) is 11.3 Å². The van der Waals surface area contributed by atoms with Crippen LogP contribution in [0, 0.1) is 0 Å². The predicted molar refractivity (Wildman–Crippen MR) is 82.6 cm³/mol. The monoisotopic (exact) mass is 286 g/mol. The quantitative estimate of drug-likeness (QED) is 0.880. The molecule has 0 bridgehead atoms. The molecule has 2 N–H and O–H groups in total. The van der Waals surface area contributed by atoms with E-state index >= 15 is 0 Å². The molecule has 1 heterocycles. The highest BCUT2D eigenvalue weighted by atomic mass is 16.2. The first-order valence-electron chi connectivity index (χ1n) is 7.25. The zero-order valence-electron chi connectivity index (χ0n) is 12.6. The lowest BCUT2D eigenvalue weighted by atomic mass is 10.1. The van der Waals surface area contributed by atoms with Gasteiger partial charge in [0.25, 0.3) is 0 Å². The largest absolute Gasteiger partial charge is 0.342 e. The van der Waals surface area contributed by atoms with Gasteiger partial charge in [-0.2, -0.15) is 0 Å². The standard InChI is InChI=1S/C16H22N4O/c1-3-19(4-2)15(21)11-20-12-18-10-14(20)16(17)13-8-6-5-7-9-13/h5-10,12,16H,3-4,11,17H2,1-2H3. The molecule has 21 heavy (non-hydrogen) atoms. The highest BCUT2D eigenvalue weighted by Crippen LogP contribution is 2.19. The van der Waals surface area contributed by atoms with Crippen molar-refractivity contribution >= 4 is 5.91 Å². The number of nitrogens with two attached hydrogens (primary N) is 1. The SMILES string of the molecule is CCN(CC)C(=O)Cn1cncc1C(N)c1ccccc1. The van der Waals surface area contributed by atoms with Gasteiger partial charge in [-0.25, -0.2) is 4.98 Å². The molecule has 0 aliphatic heterocycles. The van der Waals surface area contributed by atoms with E-state index < -0.39 is 0 Å². The van der Waals surface area contributed by atoms with Gasteiger partial charge >= 0.3 is 0 Å². The Labute approximate surface area is 125 Å². The first kappa shape index (κ1) is 15.3. The van der Waals surface area contributed by atoms with Crippen LogP contribution in [0.3, 0.4) is 0 Å². The highest BCUT2D eigenvalue weighted by Gasteiger charge is 2.17. The maximum absolute atomic E-state index is 12.2. The van der Waals surface area contributed by atoms with Gasteiger partial charge in [0.1, 0.15) is 6.54 Å². The Morgan fingerprint density at radius 3 is 2.57 bits per heavy atom. The number of hydrogen-bond acceptors (Lipinski definition) is 3. The van der Waals surface area contributed by atoms with E-state index in [1.807, 2.05) is 48.7 Å². The number of nitrogens with zero attached hydrogens (tertiary/aromatic N) is 3. The number of amides is 1. The maximum atomic E-state index is 12.2. The molecular weight excluding hydrogens is 264 g/mol. The molecule has 0 fully saturated rings. The smallest absolute Gasteiger partial charge is 0.242 e. The molecule has 2 aromatic rings. The third kappa shape index (κ3) is 3.49. The molecular formula is C16H22N4O. The van der Waals surface area contributed by atoms with Crippen molar-refractivity contribution in [3.8, 4) is 0 Å². The number of imidazole rings is 1. The van der Waals surface area contributed by atoms with Crippen molar-refractivity contribution in [2.24, 2.45) is 5.73 Å². The number of likely N-dealkylation sites (N-methyl/N-ethyl adjacent to an activating group) is 1. The molecule has 1 aromatic heterocycles. The lowest BCUT2D eigenvalue weighted by molar-refractivity contribution is -0.131. The van der Waals surface area contributed by atoms with Gasteiger partial charge in [-0.15, -0.1) is 0 Å². The summed E-state index contributed by atoms with van der Waals surface area (Å²) >= 11 is 0. The molecule has 0 radical (unpaired) electrons. The Kier molecular flexibility index (Phi) is 5.11.